The topological polar surface area (TPSA) is 131 Å². The van der Waals surface area contributed by atoms with Crippen LogP contribution >= 0.6 is 0 Å². The molecule has 3 aromatic carbocycles. The van der Waals surface area contributed by atoms with Gasteiger partial charge in [-0.25, -0.2) is 9.69 Å². The van der Waals surface area contributed by atoms with Crippen LogP contribution in [0.1, 0.15) is 35.3 Å². The average molecular weight is 489 g/mol. The molecule has 4 amide bonds. The van der Waals surface area contributed by atoms with Gasteiger partial charge < -0.3 is 15.4 Å². The molecule has 1 aliphatic heterocycles. The maximum absolute atomic E-state index is 13.2. The number of methoxy groups -OCH3 is 1. The molecular formula is C26H24N4O6. The van der Waals surface area contributed by atoms with Crippen LogP contribution < -0.4 is 20.3 Å². The first-order valence-electron chi connectivity index (χ1n) is 11.1. The highest BCUT2D eigenvalue weighted by Crippen LogP contribution is 2.46. The summed E-state index contributed by atoms with van der Waals surface area (Å²) in [5, 5.41) is 17.1. The second-order valence-electron chi connectivity index (χ2n) is 8.74. The summed E-state index contributed by atoms with van der Waals surface area (Å²) >= 11 is 0. The van der Waals surface area contributed by atoms with Gasteiger partial charge >= 0.3 is 6.03 Å². The molecule has 10 nitrogen and oxygen atoms in total. The van der Waals surface area contributed by atoms with Crippen LogP contribution in [-0.4, -0.2) is 29.9 Å². The van der Waals surface area contributed by atoms with Crippen molar-refractivity contribution in [3.8, 4) is 5.75 Å². The highest BCUT2D eigenvalue weighted by atomic mass is 16.6. The molecule has 1 heterocycles. The third-order valence-electron chi connectivity index (χ3n) is 6.05. The number of anilines is 2. The molecule has 2 N–H and O–H groups in total. The van der Waals surface area contributed by atoms with Crippen molar-refractivity contribution in [3.63, 3.8) is 0 Å². The number of imide groups is 1. The summed E-state index contributed by atoms with van der Waals surface area (Å²) in [5.74, 6) is -0.544. The van der Waals surface area contributed by atoms with Crippen LogP contribution in [0.15, 0.2) is 66.7 Å². The quantitative estimate of drug-likeness (QED) is 0.391. The molecule has 0 bridgehead atoms. The van der Waals surface area contributed by atoms with Crippen LogP contribution in [0, 0.1) is 10.1 Å². The number of nitro groups is 1. The first kappa shape index (κ1) is 24.4. The standard InChI is InChI=1S/C26H24N4O6/c1-26(2)19-13-20(28-23(31)17-9-11-18(36-3)12-10-17)22(30(34)35)14-21(19)29(24(26)32)25(33)27-15-16-7-5-4-6-8-16/h4-14H,15H2,1-3H3,(H,27,33)(H,28,31). The Kier molecular flexibility index (Phi) is 6.43. The monoisotopic (exact) mass is 488 g/mol. The molecule has 0 atom stereocenters. The number of hydrogen-bond acceptors (Lipinski definition) is 6. The number of amides is 4. The minimum atomic E-state index is -1.16. The number of ether oxygens (including phenoxy) is 1. The van der Waals surface area contributed by atoms with Gasteiger partial charge in [-0.3, -0.25) is 19.7 Å². The summed E-state index contributed by atoms with van der Waals surface area (Å²) in [4.78, 5) is 51.2. The summed E-state index contributed by atoms with van der Waals surface area (Å²) in [6, 6.07) is 17.2. The minimum absolute atomic E-state index is 0.0769. The number of fused-ring (bicyclic) bond motifs is 1. The summed E-state index contributed by atoms with van der Waals surface area (Å²) in [6.07, 6.45) is 0. The van der Waals surface area contributed by atoms with Crippen molar-refractivity contribution >= 4 is 34.9 Å². The number of carbonyl (C=O) groups is 3. The maximum Gasteiger partial charge on any atom is 0.329 e. The molecule has 0 aromatic heterocycles. The van der Waals surface area contributed by atoms with Gasteiger partial charge in [0.1, 0.15) is 11.4 Å². The molecule has 0 aliphatic carbocycles. The molecule has 0 radical (unpaired) electrons. The Hall–Kier alpha value is -4.73. The van der Waals surface area contributed by atoms with Crippen molar-refractivity contribution in [1.29, 1.82) is 0 Å². The van der Waals surface area contributed by atoms with Gasteiger partial charge in [0.15, 0.2) is 0 Å². The van der Waals surface area contributed by atoms with E-state index in [4.69, 9.17) is 4.74 Å². The molecule has 0 fully saturated rings. The Labute approximate surface area is 207 Å². The molecule has 184 valence electrons. The molecule has 10 heteroatoms. The second kappa shape index (κ2) is 9.49. The van der Waals surface area contributed by atoms with E-state index < -0.39 is 33.9 Å². The Morgan fingerprint density at radius 2 is 1.72 bits per heavy atom. The number of nitrogens with one attached hydrogen (secondary N) is 2. The van der Waals surface area contributed by atoms with Crippen LogP contribution in [0.4, 0.5) is 21.9 Å². The van der Waals surface area contributed by atoms with Crippen LogP contribution in [0.25, 0.3) is 0 Å². The van der Waals surface area contributed by atoms with Crippen LogP contribution in [0.2, 0.25) is 0 Å². The van der Waals surface area contributed by atoms with Crippen LogP contribution in [0.3, 0.4) is 0 Å². The Bertz CT molecular complexity index is 1350. The van der Waals surface area contributed by atoms with E-state index in [0.29, 0.717) is 11.3 Å². The highest BCUT2D eigenvalue weighted by Gasteiger charge is 2.48. The fourth-order valence-corrected chi connectivity index (χ4v) is 4.01. The normalized spacial score (nSPS) is 13.6. The molecular weight excluding hydrogens is 464 g/mol. The van der Waals surface area contributed by atoms with Crippen molar-refractivity contribution in [3.05, 3.63) is 93.5 Å². The highest BCUT2D eigenvalue weighted by molar-refractivity contribution is 6.22. The van der Waals surface area contributed by atoms with Crippen molar-refractivity contribution in [2.45, 2.75) is 25.8 Å². The van der Waals surface area contributed by atoms with E-state index in [2.05, 4.69) is 10.6 Å². The summed E-state index contributed by atoms with van der Waals surface area (Å²) in [6.45, 7) is 3.43. The molecule has 0 spiro atoms. The van der Waals surface area contributed by atoms with Crippen molar-refractivity contribution in [1.82, 2.24) is 5.32 Å². The Morgan fingerprint density at radius 1 is 1.06 bits per heavy atom. The lowest BCUT2D eigenvalue weighted by molar-refractivity contribution is -0.383. The molecule has 3 aromatic rings. The lowest BCUT2D eigenvalue weighted by Gasteiger charge is -2.19. The molecule has 36 heavy (non-hydrogen) atoms. The molecule has 0 saturated heterocycles. The van der Waals surface area contributed by atoms with Gasteiger partial charge in [0, 0.05) is 18.2 Å². The molecule has 1 aliphatic rings. The average Bonchev–Trinajstić information content (AvgIpc) is 3.07. The van der Waals surface area contributed by atoms with Gasteiger partial charge in [-0.05, 0) is 55.3 Å². The second-order valence-corrected chi connectivity index (χ2v) is 8.74. The zero-order chi connectivity index (χ0) is 26.0. The van der Waals surface area contributed by atoms with Crippen molar-refractivity contribution in [2.24, 2.45) is 0 Å². The molecule has 0 saturated carbocycles. The molecule has 4 rings (SSSR count). The molecule has 0 unspecified atom stereocenters. The van der Waals surface area contributed by atoms with E-state index in [-0.39, 0.29) is 23.5 Å². The summed E-state index contributed by atoms with van der Waals surface area (Å²) < 4.78 is 5.08. The van der Waals surface area contributed by atoms with Gasteiger partial charge in [0.2, 0.25) is 5.91 Å². The van der Waals surface area contributed by atoms with E-state index in [1.807, 2.05) is 30.3 Å². The maximum atomic E-state index is 13.2. The van der Waals surface area contributed by atoms with E-state index in [0.717, 1.165) is 16.5 Å². The number of hydrogen-bond donors (Lipinski definition) is 2. The summed E-state index contributed by atoms with van der Waals surface area (Å²) in [5.41, 5.74) is -0.0900. The predicted molar refractivity (Wildman–Crippen MR) is 133 cm³/mol. The number of urea groups is 1. The third-order valence-corrected chi connectivity index (χ3v) is 6.05. The number of nitrogens with zero attached hydrogens (tertiary/aromatic N) is 2. The third kappa shape index (κ3) is 4.48. The Morgan fingerprint density at radius 3 is 2.33 bits per heavy atom. The number of benzene rings is 3. The van der Waals surface area contributed by atoms with Gasteiger partial charge in [0.25, 0.3) is 11.6 Å². The first-order valence-corrected chi connectivity index (χ1v) is 11.1. The van der Waals surface area contributed by atoms with E-state index in [9.17, 15) is 24.5 Å². The fourth-order valence-electron chi connectivity index (χ4n) is 4.01. The van der Waals surface area contributed by atoms with E-state index in [1.54, 1.807) is 26.0 Å². The van der Waals surface area contributed by atoms with Crippen LogP contribution in [0.5, 0.6) is 5.75 Å². The van der Waals surface area contributed by atoms with Crippen molar-refractivity contribution < 1.29 is 24.0 Å². The lowest BCUT2D eigenvalue weighted by Crippen LogP contribution is -2.45. The van der Waals surface area contributed by atoms with Crippen LogP contribution in [-0.2, 0) is 16.8 Å². The minimum Gasteiger partial charge on any atom is -0.497 e. The number of carbonyl (C=O) groups excluding carboxylic acids is 3. The van der Waals surface area contributed by atoms with Crippen molar-refractivity contribution in [2.75, 3.05) is 17.3 Å². The number of rotatable bonds is 6. The van der Waals surface area contributed by atoms with E-state index >= 15 is 0 Å². The predicted octanol–water partition coefficient (Wildman–Crippen LogP) is 4.39. The zero-order valence-corrected chi connectivity index (χ0v) is 19.9. The SMILES string of the molecule is COc1ccc(C(=O)Nc2cc3c(cc2[N+](=O)[O-])N(C(=O)NCc2ccccc2)C(=O)C3(C)C)cc1. The first-order chi connectivity index (χ1) is 17.1. The summed E-state index contributed by atoms with van der Waals surface area (Å²) in [7, 11) is 1.50. The Balaban J connectivity index is 1.67. The number of nitro benzene ring substituents is 1. The lowest BCUT2D eigenvalue weighted by atomic mass is 9.85. The van der Waals surface area contributed by atoms with Gasteiger partial charge in [-0.2, -0.15) is 0 Å². The zero-order valence-electron chi connectivity index (χ0n) is 19.9. The van der Waals surface area contributed by atoms with E-state index in [1.165, 1.54) is 25.3 Å². The van der Waals surface area contributed by atoms with Gasteiger partial charge in [-0.1, -0.05) is 30.3 Å². The van der Waals surface area contributed by atoms with Gasteiger partial charge in [-0.15, -0.1) is 0 Å². The largest absolute Gasteiger partial charge is 0.497 e. The smallest absolute Gasteiger partial charge is 0.329 e. The van der Waals surface area contributed by atoms with Gasteiger partial charge in [0.05, 0.1) is 23.1 Å². The fraction of sp³-hybridized carbons (Fsp3) is 0.192.